The van der Waals surface area contributed by atoms with E-state index in [4.69, 9.17) is 32.4 Å². The summed E-state index contributed by atoms with van der Waals surface area (Å²) in [6.45, 7) is 8.24. The van der Waals surface area contributed by atoms with E-state index in [1.165, 1.54) is 0 Å². The molecule has 3 rings (SSSR count). The summed E-state index contributed by atoms with van der Waals surface area (Å²) in [5.41, 5.74) is 3.23. The van der Waals surface area contributed by atoms with Gasteiger partial charge in [-0.2, -0.15) is 9.61 Å². The molecule has 0 aliphatic heterocycles. The number of anilines is 1. The monoisotopic (exact) mass is 409 g/mol. The predicted molar refractivity (Wildman–Crippen MR) is 107 cm³/mol. The highest BCUT2D eigenvalue weighted by Crippen LogP contribution is 2.38. The fraction of sp³-hybridized carbons (Fsp3) is 0.368. The first kappa shape index (κ1) is 19.6. The zero-order valence-electron chi connectivity index (χ0n) is 15.7. The number of oxazole rings is 1. The Labute approximate surface area is 167 Å². The number of hydrogen-bond acceptors (Lipinski definition) is 4. The second kappa shape index (κ2) is 7.82. The number of halogens is 2. The van der Waals surface area contributed by atoms with Crippen molar-refractivity contribution in [3.05, 3.63) is 39.7 Å². The number of carbonyl (C=O) groups excluding carboxylic acids is 1. The third kappa shape index (κ3) is 3.51. The minimum Gasteiger partial charge on any atom is -0.449 e. The van der Waals surface area contributed by atoms with Crippen molar-refractivity contribution in [1.82, 2.24) is 9.61 Å². The first-order valence-corrected chi connectivity index (χ1v) is 9.53. The Morgan fingerprint density at radius 1 is 1.30 bits per heavy atom. The van der Waals surface area contributed by atoms with Gasteiger partial charge in [-0.05, 0) is 45.4 Å². The highest BCUT2D eigenvalue weighted by Gasteiger charge is 2.28. The first-order valence-electron chi connectivity index (χ1n) is 8.77. The number of nitrogens with zero attached hydrogens (tertiary/aromatic N) is 3. The first-order chi connectivity index (χ1) is 12.9. The summed E-state index contributed by atoms with van der Waals surface area (Å²) < 4.78 is 12.9. The molecule has 0 aliphatic carbocycles. The molecule has 8 heteroatoms. The zero-order valence-corrected chi connectivity index (χ0v) is 17.2. The van der Waals surface area contributed by atoms with Crippen LogP contribution in [0.15, 0.2) is 22.6 Å². The summed E-state index contributed by atoms with van der Waals surface area (Å²) in [7, 11) is 0. The number of carbonyl (C=O) groups is 1. The Balaban J connectivity index is 2.20. The Morgan fingerprint density at radius 3 is 2.67 bits per heavy atom. The van der Waals surface area contributed by atoms with Crippen LogP contribution in [-0.2, 0) is 4.74 Å². The molecule has 0 spiro atoms. The number of amides is 1. The van der Waals surface area contributed by atoms with E-state index in [2.05, 4.69) is 5.10 Å². The van der Waals surface area contributed by atoms with Crippen molar-refractivity contribution in [2.75, 3.05) is 18.1 Å². The van der Waals surface area contributed by atoms with Gasteiger partial charge in [0.2, 0.25) is 5.71 Å². The maximum atomic E-state index is 12.5. The van der Waals surface area contributed by atoms with Crippen LogP contribution in [0.2, 0.25) is 10.0 Å². The van der Waals surface area contributed by atoms with Crippen molar-refractivity contribution in [3.8, 4) is 11.3 Å². The molecule has 0 fully saturated rings. The Morgan fingerprint density at radius 2 is 2.04 bits per heavy atom. The van der Waals surface area contributed by atoms with Gasteiger partial charge in [-0.15, -0.1) is 0 Å². The van der Waals surface area contributed by atoms with Crippen molar-refractivity contribution in [3.63, 3.8) is 0 Å². The molecule has 2 heterocycles. The molecular formula is C19H21Cl2N3O3. The van der Waals surface area contributed by atoms with Crippen LogP contribution in [-0.4, -0.2) is 28.9 Å². The summed E-state index contributed by atoms with van der Waals surface area (Å²) in [6, 6.07) is 5.27. The van der Waals surface area contributed by atoms with Gasteiger partial charge in [0, 0.05) is 17.1 Å². The van der Waals surface area contributed by atoms with E-state index in [1.807, 2.05) is 26.8 Å². The van der Waals surface area contributed by atoms with Crippen LogP contribution < -0.4 is 4.90 Å². The van der Waals surface area contributed by atoms with Crippen LogP contribution in [0.3, 0.4) is 0 Å². The molecule has 2 aromatic heterocycles. The van der Waals surface area contributed by atoms with E-state index < -0.39 is 6.09 Å². The molecule has 0 aliphatic rings. The molecule has 0 N–H and O–H groups in total. The standard InChI is InChI=1S/C19H21Cl2N3O3/c1-5-9-23(19(25)26-6-2)16-11(3)22-24-17(12(4)27-18(16)24)14-8-7-13(20)10-15(14)21/h7-8,10H,5-6,9H2,1-4H3. The van der Waals surface area contributed by atoms with Gasteiger partial charge in [-0.3, -0.25) is 4.90 Å². The third-order valence-corrected chi connectivity index (χ3v) is 4.72. The Kier molecular flexibility index (Phi) is 5.67. The van der Waals surface area contributed by atoms with Crippen molar-refractivity contribution >= 4 is 40.7 Å². The number of hydrogen-bond donors (Lipinski definition) is 0. The van der Waals surface area contributed by atoms with Gasteiger partial charge in [-0.25, -0.2) is 4.79 Å². The molecule has 0 bridgehead atoms. The predicted octanol–water partition coefficient (Wildman–Crippen LogP) is 5.89. The maximum Gasteiger partial charge on any atom is 0.414 e. The Bertz CT molecular complexity index is 994. The van der Waals surface area contributed by atoms with Crippen LogP contribution in [0.5, 0.6) is 0 Å². The molecule has 144 valence electrons. The van der Waals surface area contributed by atoms with Crippen molar-refractivity contribution < 1.29 is 13.9 Å². The topological polar surface area (TPSA) is 60.0 Å². The molecule has 0 saturated carbocycles. The molecule has 27 heavy (non-hydrogen) atoms. The molecule has 1 aromatic carbocycles. The summed E-state index contributed by atoms with van der Waals surface area (Å²) in [5, 5.41) is 5.65. The summed E-state index contributed by atoms with van der Waals surface area (Å²) in [6.07, 6.45) is 0.350. The van der Waals surface area contributed by atoms with Crippen molar-refractivity contribution in [1.29, 1.82) is 0 Å². The van der Waals surface area contributed by atoms with Crippen LogP contribution >= 0.6 is 23.2 Å². The van der Waals surface area contributed by atoms with Gasteiger partial charge in [0.15, 0.2) is 0 Å². The Hall–Kier alpha value is -2.18. The molecule has 0 unspecified atom stereocenters. The maximum absolute atomic E-state index is 12.5. The molecule has 1 amide bonds. The fourth-order valence-corrected chi connectivity index (χ4v) is 3.60. The van der Waals surface area contributed by atoms with Crippen LogP contribution in [0.4, 0.5) is 10.5 Å². The lowest BCUT2D eigenvalue weighted by Crippen LogP contribution is -2.32. The number of benzene rings is 1. The largest absolute Gasteiger partial charge is 0.449 e. The number of rotatable bonds is 5. The van der Waals surface area contributed by atoms with Crippen molar-refractivity contribution in [2.24, 2.45) is 0 Å². The van der Waals surface area contributed by atoms with Gasteiger partial charge in [0.05, 0.1) is 17.3 Å². The van der Waals surface area contributed by atoms with E-state index >= 15 is 0 Å². The molecular weight excluding hydrogens is 389 g/mol. The third-order valence-electron chi connectivity index (χ3n) is 4.17. The molecule has 0 saturated heterocycles. The van der Waals surface area contributed by atoms with Gasteiger partial charge < -0.3 is 9.15 Å². The van der Waals surface area contributed by atoms with Gasteiger partial charge >= 0.3 is 6.09 Å². The van der Waals surface area contributed by atoms with E-state index in [-0.39, 0.29) is 0 Å². The quantitative estimate of drug-likeness (QED) is 0.526. The average molecular weight is 410 g/mol. The molecule has 6 nitrogen and oxygen atoms in total. The van der Waals surface area contributed by atoms with Gasteiger partial charge in [0.25, 0.3) is 0 Å². The van der Waals surface area contributed by atoms with Crippen LogP contribution in [0, 0.1) is 13.8 Å². The number of aryl methyl sites for hydroxylation is 2. The summed E-state index contributed by atoms with van der Waals surface area (Å²) in [4.78, 5) is 14.0. The summed E-state index contributed by atoms with van der Waals surface area (Å²) >= 11 is 12.4. The normalized spacial score (nSPS) is 11.2. The van der Waals surface area contributed by atoms with Crippen LogP contribution in [0.1, 0.15) is 31.7 Å². The second-order valence-corrected chi connectivity index (χ2v) is 6.98. The minimum absolute atomic E-state index is 0.297. The number of ether oxygens (including phenoxy) is 1. The van der Waals surface area contributed by atoms with E-state index in [0.29, 0.717) is 46.1 Å². The SMILES string of the molecule is CCCN(C(=O)OCC)c1c(C)nn2c(-c3ccc(Cl)cc3Cl)c(C)oc12. The number of aromatic nitrogens is 2. The molecule has 3 aromatic rings. The zero-order chi connectivity index (χ0) is 19.7. The molecule has 0 radical (unpaired) electrons. The van der Waals surface area contributed by atoms with E-state index in [1.54, 1.807) is 28.5 Å². The molecule has 0 atom stereocenters. The minimum atomic E-state index is -0.419. The number of fused-ring (bicyclic) bond motifs is 1. The van der Waals surface area contributed by atoms with Crippen LogP contribution in [0.25, 0.3) is 17.0 Å². The van der Waals surface area contributed by atoms with Crippen molar-refractivity contribution in [2.45, 2.75) is 34.1 Å². The lowest BCUT2D eigenvalue weighted by Gasteiger charge is -2.19. The highest BCUT2D eigenvalue weighted by atomic mass is 35.5. The summed E-state index contributed by atoms with van der Waals surface area (Å²) in [5.74, 6) is 0.642. The lowest BCUT2D eigenvalue weighted by molar-refractivity contribution is 0.159. The lowest BCUT2D eigenvalue weighted by atomic mass is 10.1. The average Bonchev–Trinajstić information content (AvgIpc) is 3.07. The van der Waals surface area contributed by atoms with Gasteiger partial charge in [-0.1, -0.05) is 30.1 Å². The van der Waals surface area contributed by atoms with E-state index in [9.17, 15) is 4.79 Å². The fourth-order valence-electron chi connectivity index (χ4n) is 3.10. The smallest absolute Gasteiger partial charge is 0.414 e. The second-order valence-electron chi connectivity index (χ2n) is 6.13. The van der Waals surface area contributed by atoms with Gasteiger partial charge in [0.1, 0.15) is 17.1 Å². The highest BCUT2D eigenvalue weighted by molar-refractivity contribution is 6.36. The van der Waals surface area contributed by atoms with E-state index in [0.717, 1.165) is 17.7 Å².